The molecule has 2 N–H and O–H groups in total. The van der Waals surface area contributed by atoms with Crippen molar-refractivity contribution in [1.29, 1.82) is 0 Å². The molecule has 1 heterocycles. The molecule has 0 bridgehead atoms. The average molecular weight is 218 g/mol. The lowest BCUT2D eigenvalue weighted by Crippen LogP contribution is -2.17. The van der Waals surface area contributed by atoms with Crippen LogP contribution in [0.15, 0.2) is 0 Å². The van der Waals surface area contributed by atoms with Gasteiger partial charge in [-0.1, -0.05) is 0 Å². The lowest BCUT2D eigenvalue weighted by Gasteiger charge is -2.04. The molecule has 0 atom stereocenters. The molecule has 0 amide bonds. The standard InChI is InChI=1S/C8H14N2O3S/c1-12-7-6(5-9-3-4-11)8(13-2)14-10-7/h9,11H,3-5H2,1-2H3. The molecule has 0 aliphatic rings. The largest absolute Gasteiger partial charge is 0.486 e. The Morgan fingerprint density at radius 1 is 1.43 bits per heavy atom. The highest BCUT2D eigenvalue weighted by Crippen LogP contribution is 2.31. The number of aliphatic hydroxyl groups is 1. The van der Waals surface area contributed by atoms with E-state index in [-0.39, 0.29) is 6.61 Å². The average Bonchev–Trinajstić information content (AvgIpc) is 2.60. The van der Waals surface area contributed by atoms with Crippen LogP contribution in [0.4, 0.5) is 0 Å². The molecule has 0 unspecified atom stereocenters. The number of rotatable bonds is 6. The number of methoxy groups -OCH3 is 2. The van der Waals surface area contributed by atoms with Gasteiger partial charge < -0.3 is 19.9 Å². The van der Waals surface area contributed by atoms with Crippen molar-refractivity contribution in [2.45, 2.75) is 6.54 Å². The Labute approximate surface area is 86.8 Å². The zero-order valence-electron chi connectivity index (χ0n) is 8.24. The van der Waals surface area contributed by atoms with Gasteiger partial charge in [-0.3, -0.25) is 0 Å². The zero-order chi connectivity index (χ0) is 10.4. The topological polar surface area (TPSA) is 63.6 Å². The van der Waals surface area contributed by atoms with Crippen LogP contribution in [0.1, 0.15) is 5.56 Å². The monoisotopic (exact) mass is 218 g/mol. The SMILES string of the molecule is COc1nsc(OC)c1CNCCO. The summed E-state index contributed by atoms with van der Waals surface area (Å²) in [7, 11) is 3.17. The van der Waals surface area contributed by atoms with Crippen molar-refractivity contribution in [2.75, 3.05) is 27.4 Å². The maximum atomic E-state index is 8.61. The minimum Gasteiger partial charge on any atom is -0.486 e. The number of hydrogen-bond donors (Lipinski definition) is 2. The van der Waals surface area contributed by atoms with Gasteiger partial charge >= 0.3 is 0 Å². The predicted molar refractivity (Wildman–Crippen MR) is 54.0 cm³/mol. The van der Waals surface area contributed by atoms with Crippen LogP contribution in [0.5, 0.6) is 10.9 Å². The van der Waals surface area contributed by atoms with Gasteiger partial charge in [0, 0.05) is 24.6 Å². The van der Waals surface area contributed by atoms with E-state index in [0.29, 0.717) is 19.0 Å². The molecule has 6 heteroatoms. The number of nitrogens with one attached hydrogen (secondary N) is 1. The van der Waals surface area contributed by atoms with Crippen LogP contribution >= 0.6 is 11.5 Å². The highest BCUT2D eigenvalue weighted by atomic mass is 32.1. The van der Waals surface area contributed by atoms with Crippen LogP contribution in [0.3, 0.4) is 0 Å². The van der Waals surface area contributed by atoms with Gasteiger partial charge in [-0.05, 0) is 0 Å². The smallest absolute Gasteiger partial charge is 0.233 e. The first-order valence-electron chi connectivity index (χ1n) is 4.21. The second-order valence-electron chi connectivity index (χ2n) is 2.56. The van der Waals surface area contributed by atoms with Crippen molar-refractivity contribution in [2.24, 2.45) is 0 Å². The third-order valence-electron chi connectivity index (χ3n) is 1.69. The second kappa shape index (κ2) is 5.79. The van der Waals surface area contributed by atoms with E-state index < -0.39 is 0 Å². The van der Waals surface area contributed by atoms with Gasteiger partial charge in [-0.2, -0.15) is 4.37 Å². The molecule has 14 heavy (non-hydrogen) atoms. The minimum atomic E-state index is 0.113. The first kappa shape index (κ1) is 11.2. The first-order chi connectivity index (χ1) is 6.83. The van der Waals surface area contributed by atoms with Crippen molar-refractivity contribution < 1.29 is 14.6 Å². The fourth-order valence-corrected chi connectivity index (χ4v) is 1.74. The molecule has 0 saturated heterocycles. The number of ether oxygens (including phenoxy) is 2. The summed E-state index contributed by atoms with van der Waals surface area (Å²) in [6.45, 7) is 1.24. The van der Waals surface area contributed by atoms with Gasteiger partial charge in [0.05, 0.1) is 26.4 Å². The molecule has 0 fully saturated rings. The molecule has 5 nitrogen and oxygen atoms in total. The quantitative estimate of drug-likeness (QED) is 0.670. The number of aromatic nitrogens is 1. The fourth-order valence-electron chi connectivity index (χ4n) is 1.04. The number of nitrogens with zero attached hydrogens (tertiary/aromatic N) is 1. The van der Waals surface area contributed by atoms with Gasteiger partial charge in [-0.15, -0.1) is 0 Å². The molecule has 1 rings (SSSR count). The summed E-state index contributed by atoms with van der Waals surface area (Å²) in [5, 5.41) is 12.4. The molecule has 0 spiro atoms. The fraction of sp³-hybridized carbons (Fsp3) is 0.625. The van der Waals surface area contributed by atoms with Gasteiger partial charge in [-0.25, -0.2) is 0 Å². The molecule has 0 saturated carbocycles. The predicted octanol–water partition coefficient (Wildman–Crippen LogP) is 0.242. The van der Waals surface area contributed by atoms with Crippen molar-refractivity contribution >= 4 is 11.5 Å². The third-order valence-corrected chi connectivity index (χ3v) is 2.52. The Kier molecular flexibility index (Phi) is 4.64. The molecule has 0 aromatic carbocycles. The Hall–Kier alpha value is -0.850. The number of hydrogen-bond acceptors (Lipinski definition) is 6. The first-order valence-corrected chi connectivity index (χ1v) is 4.99. The van der Waals surface area contributed by atoms with E-state index in [0.717, 1.165) is 10.6 Å². The summed E-state index contributed by atoms with van der Waals surface area (Å²) in [6.07, 6.45) is 0. The molecular weight excluding hydrogens is 204 g/mol. The highest BCUT2D eigenvalue weighted by molar-refractivity contribution is 7.08. The maximum absolute atomic E-state index is 8.61. The van der Waals surface area contributed by atoms with Crippen molar-refractivity contribution in [3.05, 3.63) is 5.56 Å². The summed E-state index contributed by atoms with van der Waals surface area (Å²) < 4.78 is 14.3. The van der Waals surface area contributed by atoms with Crippen molar-refractivity contribution in [1.82, 2.24) is 9.69 Å². The number of aliphatic hydroxyl groups excluding tert-OH is 1. The van der Waals surface area contributed by atoms with Gasteiger partial charge in [0.15, 0.2) is 0 Å². The Morgan fingerprint density at radius 2 is 2.21 bits per heavy atom. The zero-order valence-corrected chi connectivity index (χ0v) is 9.06. The lowest BCUT2D eigenvalue weighted by molar-refractivity contribution is 0.291. The van der Waals surface area contributed by atoms with Crippen LogP contribution in [0, 0.1) is 0 Å². The third kappa shape index (κ3) is 2.57. The van der Waals surface area contributed by atoms with E-state index in [4.69, 9.17) is 14.6 Å². The highest BCUT2D eigenvalue weighted by Gasteiger charge is 2.13. The normalized spacial score (nSPS) is 10.2. The van der Waals surface area contributed by atoms with Gasteiger partial charge in [0.1, 0.15) is 0 Å². The van der Waals surface area contributed by atoms with E-state index in [1.54, 1.807) is 14.2 Å². The van der Waals surface area contributed by atoms with Gasteiger partial charge in [0.2, 0.25) is 10.9 Å². The van der Waals surface area contributed by atoms with Crippen LogP contribution in [0.2, 0.25) is 0 Å². The van der Waals surface area contributed by atoms with E-state index in [1.807, 2.05) is 0 Å². The Morgan fingerprint density at radius 3 is 2.79 bits per heavy atom. The van der Waals surface area contributed by atoms with Crippen LogP contribution in [0.25, 0.3) is 0 Å². The summed E-state index contributed by atoms with van der Waals surface area (Å²) in [4.78, 5) is 0. The summed E-state index contributed by atoms with van der Waals surface area (Å²) >= 11 is 1.26. The van der Waals surface area contributed by atoms with Crippen LogP contribution in [-0.2, 0) is 6.54 Å². The molecule has 0 radical (unpaired) electrons. The summed E-state index contributed by atoms with van der Waals surface area (Å²) in [6, 6.07) is 0. The minimum absolute atomic E-state index is 0.113. The molecule has 0 aliphatic carbocycles. The van der Waals surface area contributed by atoms with E-state index in [9.17, 15) is 0 Å². The molecular formula is C8H14N2O3S. The second-order valence-corrected chi connectivity index (χ2v) is 3.30. The Balaban J connectivity index is 2.65. The van der Waals surface area contributed by atoms with E-state index in [1.165, 1.54) is 11.5 Å². The van der Waals surface area contributed by atoms with Crippen LogP contribution < -0.4 is 14.8 Å². The van der Waals surface area contributed by atoms with E-state index >= 15 is 0 Å². The van der Waals surface area contributed by atoms with Crippen LogP contribution in [-0.4, -0.2) is 36.9 Å². The summed E-state index contributed by atoms with van der Waals surface area (Å²) in [5.74, 6) is 0.581. The molecule has 0 aliphatic heterocycles. The maximum Gasteiger partial charge on any atom is 0.233 e. The molecule has 1 aromatic heterocycles. The van der Waals surface area contributed by atoms with Crippen molar-refractivity contribution in [3.63, 3.8) is 0 Å². The molecule has 1 aromatic rings. The molecule has 80 valence electrons. The van der Waals surface area contributed by atoms with Gasteiger partial charge in [0.25, 0.3) is 0 Å². The summed E-state index contributed by atoms with van der Waals surface area (Å²) in [5.41, 5.74) is 0.897. The Bertz CT molecular complexity index is 256. The lowest BCUT2D eigenvalue weighted by atomic mass is 10.3. The van der Waals surface area contributed by atoms with Crippen molar-refractivity contribution in [3.8, 4) is 10.9 Å². The van der Waals surface area contributed by atoms with E-state index in [2.05, 4.69) is 9.69 Å².